The largest absolute Gasteiger partial charge is 0.491 e. The van der Waals surface area contributed by atoms with Crippen molar-refractivity contribution in [3.05, 3.63) is 48.5 Å². The Morgan fingerprint density at radius 2 is 1.65 bits per heavy atom. The number of carbonyl (C=O) groups is 1. The first-order valence-corrected chi connectivity index (χ1v) is 13.0. The molecule has 0 spiro atoms. The predicted octanol–water partition coefficient (Wildman–Crippen LogP) is 4.59. The molecule has 1 N–H and O–H groups in total. The van der Waals surface area contributed by atoms with Crippen molar-refractivity contribution in [1.29, 1.82) is 0 Å². The molecule has 0 bridgehead atoms. The molecule has 2 atom stereocenters. The van der Waals surface area contributed by atoms with Crippen molar-refractivity contribution in [2.45, 2.75) is 56.3 Å². The SMILES string of the molecule is CCOCCOc1ccc(-c2ccc(S(=O)(=O)C3(C(=O)O)CCOC(C(C)(C)C)C3)cc2)cc1. The van der Waals surface area contributed by atoms with Gasteiger partial charge in [0, 0.05) is 26.1 Å². The van der Waals surface area contributed by atoms with Gasteiger partial charge in [-0.25, -0.2) is 8.42 Å². The molecule has 186 valence electrons. The van der Waals surface area contributed by atoms with Gasteiger partial charge in [0.25, 0.3) is 0 Å². The Balaban J connectivity index is 1.81. The van der Waals surface area contributed by atoms with Gasteiger partial charge >= 0.3 is 5.97 Å². The lowest BCUT2D eigenvalue weighted by Crippen LogP contribution is -2.55. The van der Waals surface area contributed by atoms with Crippen LogP contribution in [0.15, 0.2) is 53.4 Å². The van der Waals surface area contributed by atoms with Crippen molar-refractivity contribution in [3.63, 3.8) is 0 Å². The number of hydrogen-bond donors (Lipinski definition) is 1. The lowest BCUT2D eigenvalue weighted by molar-refractivity contribution is -0.147. The average Bonchev–Trinajstić information content (AvgIpc) is 2.81. The van der Waals surface area contributed by atoms with Crippen molar-refractivity contribution < 1.29 is 32.5 Å². The zero-order valence-corrected chi connectivity index (χ0v) is 21.1. The van der Waals surface area contributed by atoms with Gasteiger partial charge in [-0.05, 0) is 47.7 Å². The summed E-state index contributed by atoms with van der Waals surface area (Å²) in [6.45, 7) is 9.42. The lowest BCUT2D eigenvalue weighted by Gasteiger charge is -2.42. The number of ether oxygens (including phenoxy) is 3. The Kier molecular flexibility index (Phi) is 8.06. The maximum atomic E-state index is 13.6. The molecule has 2 unspecified atom stereocenters. The van der Waals surface area contributed by atoms with E-state index < -0.39 is 26.7 Å². The van der Waals surface area contributed by atoms with E-state index in [4.69, 9.17) is 14.2 Å². The Hall–Kier alpha value is -2.42. The van der Waals surface area contributed by atoms with Crippen LogP contribution in [-0.2, 0) is 24.1 Å². The van der Waals surface area contributed by atoms with E-state index in [9.17, 15) is 18.3 Å². The van der Waals surface area contributed by atoms with Crippen molar-refractivity contribution in [1.82, 2.24) is 0 Å². The van der Waals surface area contributed by atoms with Crippen molar-refractivity contribution in [3.8, 4) is 16.9 Å². The van der Waals surface area contributed by atoms with E-state index in [1.54, 1.807) is 12.1 Å². The molecule has 2 aromatic carbocycles. The molecule has 0 aliphatic carbocycles. The topological polar surface area (TPSA) is 99.1 Å². The maximum Gasteiger partial charge on any atom is 0.325 e. The second-order valence-corrected chi connectivity index (χ2v) is 11.8. The molecule has 0 amide bonds. The molecule has 1 saturated heterocycles. The van der Waals surface area contributed by atoms with E-state index in [2.05, 4.69) is 0 Å². The molecule has 34 heavy (non-hydrogen) atoms. The van der Waals surface area contributed by atoms with E-state index in [0.717, 1.165) is 16.9 Å². The summed E-state index contributed by atoms with van der Waals surface area (Å²) in [6, 6.07) is 13.9. The van der Waals surface area contributed by atoms with Crippen molar-refractivity contribution in [2.24, 2.45) is 5.41 Å². The number of carboxylic acid groups (broad SMARTS) is 1. The third-order valence-corrected chi connectivity index (χ3v) is 8.73. The second-order valence-electron chi connectivity index (χ2n) is 9.58. The lowest BCUT2D eigenvalue weighted by atomic mass is 9.80. The molecule has 1 fully saturated rings. The molecule has 1 heterocycles. The van der Waals surface area contributed by atoms with Crippen LogP contribution in [-0.4, -0.2) is 56.8 Å². The monoisotopic (exact) mass is 490 g/mol. The van der Waals surface area contributed by atoms with Gasteiger partial charge in [-0.15, -0.1) is 0 Å². The fraction of sp³-hybridized carbons (Fsp3) is 0.500. The number of carboxylic acids is 1. The molecule has 3 rings (SSSR count). The summed E-state index contributed by atoms with van der Waals surface area (Å²) in [5.74, 6) is -0.604. The van der Waals surface area contributed by atoms with E-state index in [1.807, 2.05) is 52.0 Å². The summed E-state index contributed by atoms with van der Waals surface area (Å²) < 4.78 is 41.9. The smallest absolute Gasteiger partial charge is 0.325 e. The number of sulfone groups is 1. The molecular formula is C26H34O7S. The average molecular weight is 491 g/mol. The van der Waals surface area contributed by atoms with Crippen LogP contribution in [0.4, 0.5) is 0 Å². The van der Waals surface area contributed by atoms with Crippen LogP contribution in [0.25, 0.3) is 11.1 Å². The van der Waals surface area contributed by atoms with Gasteiger partial charge in [0.15, 0.2) is 14.6 Å². The highest BCUT2D eigenvalue weighted by Gasteiger charge is 2.56. The summed E-state index contributed by atoms with van der Waals surface area (Å²) in [5.41, 5.74) is 1.34. The molecule has 0 saturated carbocycles. The van der Waals surface area contributed by atoms with Crippen LogP contribution in [0.3, 0.4) is 0 Å². The predicted molar refractivity (Wildman–Crippen MR) is 130 cm³/mol. The summed E-state index contributed by atoms with van der Waals surface area (Å²) in [5, 5.41) is 10.1. The van der Waals surface area contributed by atoms with Crippen molar-refractivity contribution >= 4 is 15.8 Å². The first-order valence-electron chi connectivity index (χ1n) is 11.5. The summed E-state index contributed by atoms with van der Waals surface area (Å²) >= 11 is 0. The van der Waals surface area contributed by atoms with Gasteiger partial charge in [0.1, 0.15) is 12.4 Å². The Bertz CT molecular complexity index is 1070. The van der Waals surface area contributed by atoms with Crippen LogP contribution in [0.1, 0.15) is 40.5 Å². The van der Waals surface area contributed by atoms with Gasteiger partial charge in [-0.2, -0.15) is 0 Å². The molecule has 0 aromatic heterocycles. The van der Waals surface area contributed by atoms with Crippen LogP contribution in [0.5, 0.6) is 5.75 Å². The fourth-order valence-corrected chi connectivity index (χ4v) is 5.99. The molecule has 8 heteroatoms. The van der Waals surface area contributed by atoms with Gasteiger partial charge in [-0.1, -0.05) is 45.0 Å². The summed E-state index contributed by atoms with van der Waals surface area (Å²) in [7, 11) is -4.15. The quantitative estimate of drug-likeness (QED) is 0.513. The second kappa shape index (κ2) is 10.5. The minimum absolute atomic E-state index is 0.00378. The third kappa shape index (κ3) is 5.45. The maximum absolute atomic E-state index is 13.6. The van der Waals surface area contributed by atoms with E-state index in [1.165, 1.54) is 12.1 Å². The molecule has 0 radical (unpaired) electrons. The minimum atomic E-state index is -4.15. The Morgan fingerprint density at radius 1 is 1.06 bits per heavy atom. The molecular weight excluding hydrogens is 456 g/mol. The number of aliphatic carboxylic acids is 1. The van der Waals surface area contributed by atoms with Crippen LogP contribution < -0.4 is 4.74 Å². The van der Waals surface area contributed by atoms with E-state index in [0.29, 0.717) is 19.8 Å². The minimum Gasteiger partial charge on any atom is -0.491 e. The first kappa shape index (κ1) is 26.2. The van der Waals surface area contributed by atoms with Crippen LogP contribution >= 0.6 is 0 Å². The number of hydrogen-bond acceptors (Lipinski definition) is 6. The molecule has 2 aromatic rings. The van der Waals surface area contributed by atoms with E-state index in [-0.39, 0.29) is 29.8 Å². The highest BCUT2D eigenvalue weighted by atomic mass is 32.2. The summed E-state index contributed by atoms with van der Waals surface area (Å²) in [6.07, 6.45) is -0.634. The number of benzene rings is 2. The zero-order chi connectivity index (χ0) is 25.0. The number of rotatable bonds is 9. The van der Waals surface area contributed by atoms with Crippen molar-refractivity contribution in [2.75, 3.05) is 26.4 Å². The fourth-order valence-electron chi connectivity index (χ4n) is 4.09. The Labute approximate surface area is 202 Å². The van der Waals surface area contributed by atoms with Gasteiger partial charge in [0.05, 0.1) is 17.6 Å². The normalized spacial score (nSPS) is 21.2. The van der Waals surface area contributed by atoms with Crippen LogP contribution in [0.2, 0.25) is 0 Å². The standard InChI is InChI=1S/C26H34O7S/c1-5-31-16-17-32-21-10-6-19(7-11-21)20-8-12-22(13-9-20)34(29,30)26(24(27)28)14-15-33-23(18-26)25(2,3)4/h6-13,23H,5,14-18H2,1-4H3,(H,27,28). The van der Waals surface area contributed by atoms with Gasteiger partial charge in [-0.3, -0.25) is 4.79 Å². The summed E-state index contributed by atoms with van der Waals surface area (Å²) in [4.78, 5) is 12.3. The van der Waals surface area contributed by atoms with E-state index >= 15 is 0 Å². The molecule has 1 aliphatic heterocycles. The van der Waals surface area contributed by atoms with Crippen LogP contribution in [0, 0.1) is 5.41 Å². The molecule has 1 aliphatic rings. The van der Waals surface area contributed by atoms with Gasteiger partial charge in [0.2, 0.25) is 0 Å². The highest BCUT2D eigenvalue weighted by molar-refractivity contribution is 7.93. The zero-order valence-electron chi connectivity index (χ0n) is 20.2. The highest BCUT2D eigenvalue weighted by Crippen LogP contribution is 2.42. The van der Waals surface area contributed by atoms with Gasteiger partial charge < -0.3 is 19.3 Å². The third-order valence-electron chi connectivity index (χ3n) is 6.26. The first-order chi connectivity index (χ1) is 16.0. The molecule has 7 nitrogen and oxygen atoms in total. The Morgan fingerprint density at radius 3 is 2.18 bits per heavy atom.